The SMILES string of the molecule is CNC(=O)C1CCN(C(=O)c2ccc(O)c(O)c2)CC1. The lowest BCUT2D eigenvalue weighted by Gasteiger charge is -2.31. The van der Waals surface area contributed by atoms with E-state index >= 15 is 0 Å². The van der Waals surface area contributed by atoms with E-state index in [1.807, 2.05) is 0 Å². The van der Waals surface area contributed by atoms with Gasteiger partial charge < -0.3 is 20.4 Å². The van der Waals surface area contributed by atoms with Crippen LogP contribution in [0.25, 0.3) is 0 Å². The highest BCUT2D eigenvalue weighted by Gasteiger charge is 2.27. The number of piperidine rings is 1. The van der Waals surface area contributed by atoms with Gasteiger partial charge in [-0.25, -0.2) is 0 Å². The smallest absolute Gasteiger partial charge is 0.253 e. The van der Waals surface area contributed by atoms with Crippen LogP contribution in [0.15, 0.2) is 18.2 Å². The van der Waals surface area contributed by atoms with Crippen LogP contribution in [0.3, 0.4) is 0 Å². The third-order valence-electron chi connectivity index (χ3n) is 3.62. The molecule has 1 saturated heterocycles. The largest absolute Gasteiger partial charge is 0.504 e. The van der Waals surface area contributed by atoms with Crippen molar-refractivity contribution in [2.45, 2.75) is 12.8 Å². The lowest BCUT2D eigenvalue weighted by atomic mass is 9.95. The zero-order valence-corrected chi connectivity index (χ0v) is 11.3. The van der Waals surface area contributed by atoms with Gasteiger partial charge in [0.1, 0.15) is 0 Å². The first-order valence-corrected chi connectivity index (χ1v) is 6.55. The van der Waals surface area contributed by atoms with Gasteiger partial charge >= 0.3 is 0 Å². The quantitative estimate of drug-likeness (QED) is 0.694. The molecule has 0 saturated carbocycles. The second-order valence-corrected chi connectivity index (χ2v) is 4.88. The van der Waals surface area contributed by atoms with E-state index in [0.717, 1.165) is 0 Å². The Morgan fingerprint density at radius 3 is 2.40 bits per heavy atom. The molecule has 0 aromatic heterocycles. The summed E-state index contributed by atoms with van der Waals surface area (Å²) in [6, 6.07) is 4.02. The molecule has 0 spiro atoms. The second kappa shape index (κ2) is 5.81. The van der Waals surface area contributed by atoms with Crippen molar-refractivity contribution in [1.29, 1.82) is 0 Å². The summed E-state index contributed by atoms with van der Waals surface area (Å²) in [6.07, 6.45) is 1.27. The van der Waals surface area contributed by atoms with Crippen LogP contribution in [0.2, 0.25) is 0 Å². The highest BCUT2D eigenvalue weighted by Crippen LogP contribution is 2.26. The van der Waals surface area contributed by atoms with E-state index in [0.29, 0.717) is 31.5 Å². The number of hydrogen-bond acceptors (Lipinski definition) is 4. The van der Waals surface area contributed by atoms with Gasteiger partial charge in [-0.2, -0.15) is 0 Å². The van der Waals surface area contributed by atoms with Gasteiger partial charge in [0.25, 0.3) is 5.91 Å². The predicted octanol–water partition coefficient (Wildman–Crippen LogP) is 0.696. The number of benzene rings is 1. The van der Waals surface area contributed by atoms with Crippen molar-refractivity contribution in [3.63, 3.8) is 0 Å². The Bertz CT molecular complexity index is 522. The molecule has 1 aromatic rings. The summed E-state index contributed by atoms with van der Waals surface area (Å²) in [6.45, 7) is 1.02. The number of amides is 2. The van der Waals surface area contributed by atoms with Crippen LogP contribution in [0.1, 0.15) is 23.2 Å². The maximum atomic E-state index is 12.2. The van der Waals surface area contributed by atoms with Gasteiger partial charge in [0.2, 0.25) is 5.91 Å². The van der Waals surface area contributed by atoms with Gasteiger partial charge in [-0.15, -0.1) is 0 Å². The summed E-state index contributed by atoms with van der Waals surface area (Å²) in [4.78, 5) is 25.4. The molecule has 0 radical (unpaired) electrons. The lowest BCUT2D eigenvalue weighted by Crippen LogP contribution is -2.42. The summed E-state index contributed by atoms with van der Waals surface area (Å²) in [5.74, 6) is -0.789. The molecular formula is C14H18N2O4. The summed E-state index contributed by atoms with van der Waals surface area (Å²) in [5, 5.41) is 21.3. The van der Waals surface area contributed by atoms with E-state index in [1.54, 1.807) is 11.9 Å². The Kier molecular flexibility index (Phi) is 4.12. The first-order chi connectivity index (χ1) is 9.52. The first kappa shape index (κ1) is 14.2. The maximum Gasteiger partial charge on any atom is 0.253 e. The van der Waals surface area contributed by atoms with Gasteiger partial charge in [0, 0.05) is 31.6 Å². The van der Waals surface area contributed by atoms with Gasteiger partial charge in [0.05, 0.1) is 0 Å². The van der Waals surface area contributed by atoms with E-state index < -0.39 is 0 Å². The Labute approximate surface area is 117 Å². The van der Waals surface area contributed by atoms with Gasteiger partial charge in [0.15, 0.2) is 11.5 Å². The zero-order chi connectivity index (χ0) is 14.7. The van der Waals surface area contributed by atoms with Gasteiger partial charge in [-0.1, -0.05) is 0 Å². The van der Waals surface area contributed by atoms with Crippen molar-refractivity contribution in [3.8, 4) is 11.5 Å². The summed E-state index contributed by atoms with van der Waals surface area (Å²) < 4.78 is 0. The number of likely N-dealkylation sites (tertiary alicyclic amines) is 1. The van der Waals surface area contributed by atoms with E-state index in [2.05, 4.69) is 5.32 Å². The van der Waals surface area contributed by atoms with Crippen molar-refractivity contribution in [1.82, 2.24) is 10.2 Å². The van der Waals surface area contributed by atoms with Crippen molar-refractivity contribution in [2.24, 2.45) is 5.92 Å². The van der Waals surface area contributed by atoms with Gasteiger partial charge in [-0.05, 0) is 31.0 Å². The zero-order valence-electron chi connectivity index (χ0n) is 11.3. The van der Waals surface area contributed by atoms with Crippen molar-refractivity contribution in [2.75, 3.05) is 20.1 Å². The predicted molar refractivity (Wildman–Crippen MR) is 72.5 cm³/mol. The molecule has 1 heterocycles. The third-order valence-corrected chi connectivity index (χ3v) is 3.62. The molecule has 2 rings (SSSR count). The molecule has 20 heavy (non-hydrogen) atoms. The topological polar surface area (TPSA) is 89.9 Å². The summed E-state index contributed by atoms with van der Waals surface area (Å²) >= 11 is 0. The second-order valence-electron chi connectivity index (χ2n) is 4.88. The summed E-state index contributed by atoms with van der Waals surface area (Å²) in [5.41, 5.74) is 0.332. The first-order valence-electron chi connectivity index (χ1n) is 6.55. The number of nitrogens with zero attached hydrogens (tertiary/aromatic N) is 1. The maximum absolute atomic E-state index is 12.2. The molecule has 1 aliphatic rings. The number of aromatic hydroxyl groups is 2. The molecule has 108 valence electrons. The van der Waals surface area contributed by atoms with Crippen LogP contribution in [0.5, 0.6) is 11.5 Å². The van der Waals surface area contributed by atoms with E-state index in [9.17, 15) is 19.8 Å². The normalized spacial score (nSPS) is 15.9. The minimum absolute atomic E-state index is 0.0133. The highest BCUT2D eigenvalue weighted by atomic mass is 16.3. The van der Waals surface area contributed by atoms with Crippen LogP contribution in [-0.4, -0.2) is 47.1 Å². The fraction of sp³-hybridized carbons (Fsp3) is 0.429. The third kappa shape index (κ3) is 2.84. The van der Waals surface area contributed by atoms with E-state index in [-0.39, 0.29) is 29.2 Å². The Hall–Kier alpha value is -2.24. The molecule has 1 aliphatic heterocycles. The monoisotopic (exact) mass is 278 g/mol. The fourth-order valence-corrected chi connectivity index (χ4v) is 2.39. The molecule has 6 nitrogen and oxygen atoms in total. The number of nitrogens with one attached hydrogen (secondary N) is 1. The minimum atomic E-state index is -0.309. The van der Waals surface area contributed by atoms with Crippen molar-refractivity contribution in [3.05, 3.63) is 23.8 Å². The average Bonchev–Trinajstić information content (AvgIpc) is 2.48. The molecule has 1 aromatic carbocycles. The van der Waals surface area contributed by atoms with Crippen molar-refractivity contribution < 1.29 is 19.8 Å². The Morgan fingerprint density at radius 2 is 1.85 bits per heavy atom. The number of phenols is 2. The Morgan fingerprint density at radius 1 is 1.20 bits per heavy atom. The molecule has 0 aliphatic carbocycles. The number of carbonyl (C=O) groups excluding carboxylic acids is 2. The number of carbonyl (C=O) groups is 2. The molecule has 6 heteroatoms. The molecule has 0 bridgehead atoms. The lowest BCUT2D eigenvalue weighted by molar-refractivity contribution is -0.125. The molecule has 3 N–H and O–H groups in total. The molecule has 1 fully saturated rings. The van der Waals surface area contributed by atoms with Gasteiger partial charge in [-0.3, -0.25) is 9.59 Å². The van der Waals surface area contributed by atoms with Crippen LogP contribution < -0.4 is 5.32 Å². The summed E-state index contributed by atoms with van der Waals surface area (Å²) in [7, 11) is 1.61. The Balaban J connectivity index is 2.01. The standard InChI is InChI=1S/C14H18N2O4/c1-15-13(19)9-4-6-16(7-5-9)14(20)10-2-3-11(17)12(18)8-10/h2-3,8-9,17-18H,4-7H2,1H3,(H,15,19). The van der Waals surface area contributed by atoms with Crippen molar-refractivity contribution >= 4 is 11.8 Å². The number of hydrogen-bond donors (Lipinski definition) is 3. The average molecular weight is 278 g/mol. The van der Waals surface area contributed by atoms with E-state index in [4.69, 9.17) is 0 Å². The minimum Gasteiger partial charge on any atom is -0.504 e. The van der Waals surface area contributed by atoms with Crippen LogP contribution in [0.4, 0.5) is 0 Å². The molecular weight excluding hydrogens is 260 g/mol. The number of phenolic OH excluding ortho intramolecular Hbond substituents is 2. The van der Waals surface area contributed by atoms with Crippen LogP contribution in [-0.2, 0) is 4.79 Å². The van der Waals surface area contributed by atoms with Crippen LogP contribution >= 0.6 is 0 Å². The molecule has 0 unspecified atom stereocenters. The molecule has 0 atom stereocenters. The van der Waals surface area contributed by atoms with E-state index in [1.165, 1.54) is 18.2 Å². The highest BCUT2D eigenvalue weighted by molar-refractivity contribution is 5.95. The molecule has 2 amide bonds. The fourth-order valence-electron chi connectivity index (χ4n) is 2.39. The number of rotatable bonds is 2. The van der Waals surface area contributed by atoms with Crippen LogP contribution in [0, 0.1) is 5.92 Å².